The number of hydrogen-bond donors (Lipinski definition) is 0. The van der Waals surface area contributed by atoms with Gasteiger partial charge in [-0.05, 0) is 29.2 Å². The quantitative estimate of drug-likeness (QED) is 0.722. The van der Waals surface area contributed by atoms with Gasteiger partial charge >= 0.3 is 0 Å². The topological polar surface area (TPSA) is 43.6 Å². The van der Waals surface area contributed by atoms with Crippen LogP contribution in [-0.4, -0.2) is 19.7 Å². The standard InChI is InChI=1S/C17H16N4/c1-2-6-15-12-21-16(8-7-14(15)5-1)19-20-17(21)10-13-4-3-9-18-11-13/h1-6,9,11H,7-8,10,12H2. The van der Waals surface area contributed by atoms with Gasteiger partial charge in [-0.3, -0.25) is 4.98 Å². The average molecular weight is 276 g/mol. The smallest absolute Gasteiger partial charge is 0.137 e. The van der Waals surface area contributed by atoms with Crippen LogP contribution in [0.25, 0.3) is 0 Å². The molecule has 0 saturated carbocycles. The van der Waals surface area contributed by atoms with Crippen LogP contribution in [0.2, 0.25) is 0 Å². The van der Waals surface area contributed by atoms with Crippen molar-refractivity contribution in [3.05, 3.63) is 77.1 Å². The number of nitrogens with zero attached hydrogens (tertiary/aromatic N) is 4. The zero-order chi connectivity index (χ0) is 14.1. The largest absolute Gasteiger partial charge is 0.310 e. The molecule has 0 amide bonds. The number of pyridine rings is 1. The van der Waals surface area contributed by atoms with Crippen molar-refractivity contribution in [2.45, 2.75) is 25.8 Å². The van der Waals surface area contributed by atoms with Gasteiger partial charge in [0.1, 0.15) is 11.6 Å². The van der Waals surface area contributed by atoms with E-state index < -0.39 is 0 Å². The molecule has 0 radical (unpaired) electrons. The van der Waals surface area contributed by atoms with Crippen LogP contribution in [0.3, 0.4) is 0 Å². The second kappa shape index (κ2) is 5.13. The molecule has 1 aliphatic rings. The molecule has 0 aliphatic carbocycles. The molecule has 0 unspecified atom stereocenters. The van der Waals surface area contributed by atoms with Crippen LogP contribution in [0, 0.1) is 0 Å². The van der Waals surface area contributed by atoms with Gasteiger partial charge in [0.25, 0.3) is 0 Å². The van der Waals surface area contributed by atoms with E-state index in [-0.39, 0.29) is 0 Å². The van der Waals surface area contributed by atoms with E-state index in [4.69, 9.17) is 0 Å². The van der Waals surface area contributed by atoms with Crippen molar-refractivity contribution in [2.75, 3.05) is 0 Å². The molecule has 3 aromatic rings. The number of aromatic nitrogens is 4. The van der Waals surface area contributed by atoms with E-state index in [1.54, 1.807) is 6.20 Å². The van der Waals surface area contributed by atoms with Crippen LogP contribution in [0.1, 0.15) is 28.3 Å². The average Bonchev–Trinajstić information content (AvgIpc) is 2.80. The lowest BCUT2D eigenvalue weighted by Gasteiger charge is -2.09. The van der Waals surface area contributed by atoms with E-state index >= 15 is 0 Å². The minimum atomic E-state index is 0.781. The summed E-state index contributed by atoms with van der Waals surface area (Å²) in [6, 6.07) is 12.7. The van der Waals surface area contributed by atoms with Crippen molar-refractivity contribution in [3.63, 3.8) is 0 Å². The first-order valence-corrected chi connectivity index (χ1v) is 7.27. The molecule has 0 spiro atoms. The van der Waals surface area contributed by atoms with Gasteiger partial charge in [0.2, 0.25) is 0 Å². The lowest BCUT2D eigenvalue weighted by Crippen LogP contribution is -2.08. The van der Waals surface area contributed by atoms with Crippen LogP contribution in [-0.2, 0) is 25.8 Å². The summed E-state index contributed by atoms with van der Waals surface area (Å²) in [6.45, 7) is 0.869. The molecule has 0 bridgehead atoms. The van der Waals surface area contributed by atoms with E-state index in [0.717, 1.165) is 37.5 Å². The van der Waals surface area contributed by atoms with Gasteiger partial charge in [-0.25, -0.2) is 0 Å². The van der Waals surface area contributed by atoms with Crippen LogP contribution in [0.15, 0.2) is 48.8 Å². The third kappa shape index (κ3) is 2.33. The molecule has 0 N–H and O–H groups in total. The van der Waals surface area contributed by atoms with Crippen molar-refractivity contribution in [2.24, 2.45) is 0 Å². The second-order valence-electron chi connectivity index (χ2n) is 5.43. The molecule has 1 aromatic carbocycles. The Morgan fingerprint density at radius 2 is 1.86 bits per heavy atom. The molecule has 4 nitrogen and oxygen atoms in total. The molecule has 3 heterocycles. The molecule has 0 atom stereocenters. The van der Waals surface area contributed by atoms with E-state index in [1.165, 1.54) is 16.7 Å². The molecular formula is C17H16N4. The van der Waals surface area contributed by atoms with Crippen LogP contribution in [0.5, 0.6) is 0 Å². The number of fused-ring (bicyclic) bond motifs is 2. The molecule has 1 aliphatic heterocycles. The number of aryl methyl sites for hydroxylation is 2. The Hall–Kier alpha value is -2.49. The third-order valence-corrected chi connectivity index (χ3v) is 4.05. The van der Waals surface area contributed by atoms with Gasteiger partial charge in [0, 0.05) is 25.2 Å². The highest BCUT2D eigenvalue weighted by molar-refractivity contribution is 5.30. The first-order chi connectivity index (χ1) is 10.4. The fourth-order valence-corrected chi connectivity index (χ4v) is 2.93. The summed E-state index contributed by atoms with van der Waals surface area (Å²) in [5.41, 5.74) is 3.98. The van der Waals surface area contributed by atoms with E-state index in [9.17, 15) is 0 Å². The number of rotatable bonds is 2. The predicted octanol–water partition coefficient (Wildman–Crippen LogP) is 2.41. The summed E-state index contributed by atoms with van der Waals surface area (Å²) in [7, 11) is 0. The van der Waals surface area contributed by atoms with Crippen molar-refractivity contribution in [3.8, 4) is 0 Å². The Bertz CT molecular complexity index is 761. The van der Waals surface area contributed by atoms with Gasteiger partial charge in [-0.15, -0.1) is 10.2 Å². The minimum Gasteiger partial charge on any atom is -0.310 e. The molecular weight excluding hydrogens is 260 g/mol. The van der Waals surface area contributed by atoms with E-state index in [0.29, 0.717) is 0 Å². The first-order valence-electron chi connectivity index (χ1n) is 7.27. The highest BCUT2D eigenvalue weighted by Crippen LogP contribution is 2.20. The van der Waals surface area contributed by atoms with Crippen LogP contribution < -0.4 is 0 Å². The second-order valence-corrected chi connectivity index (χ2v) is 5.43. The van der Waals surface area contributed by atoms with Gasteiger partial charge in [-0.1, -0.05) is 30.3 Å². The van der Waals surface area contributed by atoms with Gasteiger partial charge in [0.15, 0.2) is 0 Å². The molecule has 0 fully saturated rings. The first kappa shape index (κ1) is 12.3. The number of benzene rings is 1. The van der Waals surface area contributed by atoms with Crippen molar-refractivity contribution in [1.29, 1.82) is 0 Å². The minimum absolute atomic E-state index is 0.781. The molecule has 21 heavy (non-hydrogen) atoms. The van der Waals surface area contributed by atoms with Gasteiger partial charge in [-0.2, -0.15) is 0 Å². The molecule has 4 rings (SSSR count). The van der Waals surface area contributed by atoms with Crippen molar-refractivity contribution < 1.29 is 0 Å². The summed E-state index contributed by atoms with van der Waals surface area (Å²) < 4.78 is 2.26. The van der Waals surface area contributed by atoms with Crippen molar-refractivity contribution >= 4 is 0 Å². The fraction of sp³-hybridized carbons (Fsp3) is 0.235. The highest BCUT2D eigenvalue weighted by Gasteiger charge is 2.17. The molecule has 104 valence electrons. The maximum Gasteiger partial charge on any atom is 0.137 e. The third-order valence-electron chi connectivity index (χ3n) is 4.05. The van der Waals surface area contributed by atoms with Crippen molar-refractivity contribution in [1.82, 2.24) is 19.7 Å². The molecule has 0 saturated heterocycles. The Labute approximate surface area is 123 Å². The highest BCUT2D eigenvalue weighted by atomic mass is 15.3. The van der Waals surface area contributed by atoms with E-state index in [2.05, 4.69) is 50.1 Å². The Balaban J connectivity index is 1.70. The predicted molar refractivity (Wildman–Crippen MR) is 80.0 cm³/mol. The summed E-state index contributed by atoms with van der Waals surface area (Å²) in [5, 5.41) is 8.78. The Morgan fingerprint density at radius 1 is 0.952 bits per heavy atom. The summed E-state index contributed by atoms with van der Waals surface area (Å²) in [5.74, 6) is 2.11. The Morgan fingerprint density at radius 3 is 2.71 bits per heavy atom. The zero-order valence-corrected chi connectivity index (χ0v) is 11.7. The number of hydrogen-bond acceptors (Lipinski definition) is 3. The summed E-state index contributed by atoms with van der Waals surface area (Å²) in [6.07, 6.45) is 6.47. The summed E-state index contributed by atoms with van der Waals surface area (Å²) in [4.78, 5) is 4.17. The normalized spacial score (nSPS) is 13.3. The van der Waals surface area contributed by atoms with E-state index in [1.807, 2.05) is 12.3 Å². The zero-order valence-electron chi connectivity index (χ0n) is 11.7. The fourth-order valence-electron chi connectivity index (χ4n) is 2.93. The Kier molecular flexibility index (Phi) is 2.99. The molecule has 2 aromatic heterocycles. The van der Waals surface area contributed by atoms with Gasteiger partial charge in [0.05, 0.1) is 6.54 Å². The lowest BCUT2D eigenvalue weighted by molar-refractivity contribution is 0.708. The lowest BCUT2D eigenvalue weighted by atomic mass is 10.0. The SMILES string of the molecule is c1cncc(Cc2nnc3n2Cc2ccccc2CC3)c1. The van der Waals surface area contributed by atoms with Crippen LogP contribution >= 0.6 is 0 Å². The monoisotopic (exact) mass is 276 g/mol. The molecule has 4 heteroatoms. The van der Waals surface area contributed by atoms with Gasteiger partial charge < -0.3 is 4.57 Å². The maximum atomic E-state index is 4.39. The summed E-state index contributed by atoms with van der Waals surface area (Å²) >= 11 is 0. The van der Waals surface area contributed by atoms with Crippen LogP contribution in [0.4, 0.5) is 0 Å². The maximum absolute atomic E-state index is 4.39.